The number of sulfonamides is 1. The van der Waals surface area contributed by atoms with Crippen molar-refractivity contribution in [2.45, 2.75) is 31.0 Å². The van der Waals surface area contributed by atoms with Gasteiger partial charge in [-0.25, -0.2) is 13.1 Å². The summed E-state index contributed by atoms with van der Waals surface area (Å²) in [6, 6.07) is 4.82. The lowest BCUT2D eigenvalue weighted by atomic mass is 10.2. The molecule has 1 aliphatic rings. The Morgan fingerprint density at radius 3 is 2.40 bits per heavy atom. The first-order chi connectivity index (χ1) is 9.33. The number of rotatable bonds is 3. The van der Waals surface area contributed by atoms with Gasteiger partial charge in [0.2, 0.25) is 10.0 Å². The maximum Gasteiger partial charge on any atom is 0.240 e. The van der Waals surface area contributed by atoms with Gasteiger partial charge in [0.05, 0.1) is 28.5 Å². The highest BCUT2D eigenvalue weighted by atomic mass is 32.2. The van der Waals surface area contributed by atoms with Crippen molar-refractivity contribution < 1.29 is 13.2 Å². The Morgan fingerprint density at radius 1 is 1.30 bits per heavy atom. The maximum atomic E-state index is 11.7. The van der Waals surface area contributed by atoms with Crippen LogP contribution in [-0.4, -0.2) is 40.8 Å². The van der Waals surface area contributed by atoms with Crippen molar-refractivity contribution in [1.29, 1.82) is 0 Å². The fraction of sp³-hybridized carbons (Fsp3) is 0.538. The zero-order valence-corrected chi connectivity index (χ0v) is 12.8. The molecule has 0 bridgehead atoms. The summed E-state index contributed by atoms with van der Waals surface area (Å²) in [6.45, 7) is 5.51. The van der Waals surface area contributed by atoms with Crippen LogP contribution < -0.4 is 15.4 Å². The van der Waals surface area contributed by atoms with Crippen LogP contribution in [0.2, 0.25) is 0 Å². The molecule has 2 atom stereocenters. The van der Waals surface area contributed by atoms with E-state index in [9.17, 15) is 8.42 Å². The Labute approximate surface area is 120 Å². The highest BCUT2D eigenvalue weighted by Gasteiger charge is 2.24. The van der Waals surface area contributed by atoms with Crippen LogP contribution in [0.25, 0.3) is 0 Å². The molecule has 1 aliphatic heterocycles. The van der Waals surface area contributed by atoms with Crippen molar-refractivity contribution in [3.05, 3.63) is 18.2 Å². The molecule has 0 radical (unpaired) electrons. The quantitative estimate of drug-likeness (QED) is 0.806. The van der Waals surface area contributed by atoms with Crippen LogP contribution in [0.3, 0.4) is 0 Å². The summed E-state index contributed by atoms with van der Waals surface area (Å²) in [5.74, 6) is 0. The third-order valence-corrected chi connectivity index (χ3v) is 4.75. The van der Waals surface area contributed by atoms with E-state index in [1.807, 2.05) is 13.8 Å². The molecular formula is C13H21N3O3S. The van der Waals surface area contributed by atoms with Gasteiger partial charge in [0.1, 0.15) is 0 Å². The van der Waals surface area contributed by atoms with E-state index in [0.717, 1.165) is 18.8 Å². The summed E-state index contributed by atoms with van der Waals surface area (Å²) < 4.78 is 31.5. The van der Waals surface area contributed by atoms with Crippen LogP contribution >= 0.6 is 0 Å². The van der Waals surface area contributed by atoms with Crippen molar-refractivity contribution in [1.82, 2.24) is 4.72 Å². The van der Waals surface area contributed by atoms with Gasteiger partial charge in [0.15, 0.2) is 0 Å². The minimum Gasteiger partial charge on any atom is -0.397 e. The lowest BCUT2D eigenvalue weighted by Crippen LogP contribution is -2.45. The molecule has 1 saturated heterocycles. The molecule has 112 valence electrons. The number of nitrogens with one attached hydrogen (secondary N) is 1. The average Bonchev–Trinajstić information content (AvgIpc) is 2.37. The summed E-state index contributed by atoms with van der Waals surface area (Å²) in [4.78, 5) is 2.31. The second kappa shape index (κ2) is 5.59. The van der Waals surface area contributed by atoms with Crippen molar-refractivity contribution in [3.8, 4) is 0 Å². The Morgan fingerprint density at radius 2 is 1.90 bits per heavy atom. The molecule has 0 aromatic heterocycles. The minimum atomic E-state index is -3.46. The summed E-state index contributed by atoms with van der Waals surface area (Å²) in [6.07, 6.45) is 0.248. The molecule has 2 unspecified atom stereocenters. The number of nitrogens with zero attached hydrogens (tertiary/aromatic N) is 1. The van der Waals surface area contributed by atoms with Crippen LogP contribution in [0.5, 0.6) is 0 Å². The van der Waals surface area contributed by atoms with E-state index in [0.29, 0.717) is 5.69 Å². The van der Waals surface area contributed by atoms with Crippen LogP contribution in [-0.2, 0) is 14.8 Å². The largest absolute Gasteiger partial charge is 0.397 e. The predicted octanol–water partition coefficient (Wildman–Crippen LogP) is 0.791. The molecule has 0 aliphatic carbocycles. The predicted molar refractivity (Wildman–Crippen MR) is 79.3 cm³/mol. The first-order valence-corrected chi connectivity index (χ1v) is 8.05. The van der Waals surface area contributed by atoms with Gasteiger partial charge in [-0.05, 0) is 39.1 Å². The Hall–Kier alpha value is -1.31. The molecule has 0 amide bonds. The second-order valence-corrected chi connectivity index (χ2v) is 6.98. The van der Waals surface area contributed by atoms with Crippen molar-refractivity contribution in [2.24, 2.45) is 0 Å². The van der Waals surface area contributed by atoms with Crippen LogP contribution in [0.1, 0.15) is 13.8 Å². The van der Waals surface area contributed by atoms with Gasteiger partial charge in [0, 0.05) is 13.1 Å². The zero-order valence-electron chi connectivity index (χ0n) is 12.0. The Kier molecular flexibility index (Phi) is 4.22. The molecular weight excluding hydrogens is 278 g/mol. The summed E-state index contributed by atoms with van der Waals surface area (Å²) in [5, 5.41) is 0. The molecule has 0 saturated carbocycles. The number of hydrogen-bond acceptors (Lipinski definition) is 5. The van der Waals surface area contributed by atoms with Crippen LogP contribution in [0.15, 0.2) is 23.1 Å². The molecule has 1 heterocycles. The molecule has 6 nitrogen and oxygen atoms in total. The molecule has 7 heteroatoms. The highest BCUT2D eigenvalue weighted by Crippen LogP contribution is 2.28. The van der Waals surface area contributed by atoms with Gasteiger partial charge in [-0.15, -0.1) is 0 Å². The third kappa shape index (κ3) is 3.05. The van der Waals surface area contributed by atoms with Gasteiger partial charge in [-0.3, -0.25) is 0 Å². The van der Waals surface area contributed by atoms with E-state index >= 15 is 0 Å². The topological polar surface area (TPSA) is 84.7 Å². The van der Waals surface area contributed by atoms with Gasteiger partial charge in [0.25, 0.3) is 0 Å². The van der Waals surface area contributed by atoms with E-state index in [1.165, 1.54) is 13.1 Å². The number of hydrogen-bond donors (Lipinski definition) is 2. The van der Waals surface area contributed by atoms with E-state index < -0.39 is 10.0 Å². The summed E-state index contributed by atoms with van der Waals surface area (Å²) in [7, 11) is -2.08. The van der Waals surface area contributed by atoms with Gasteiger partial charge in [-0.2, -0.15) is 0 Å². The molecule has 0 spiro atoms. The fourth-order valence-electron chi connectivity index (χ4n) is 2.48. The lowest BCUT2D eigenvalue weighted by Gasteiger charge is -2.37. The summed E-state index contributed by atoms with van der Waals surface area (Å²) >= 11 is 0. The van der Waals surface area contributed by atoms with Gasteiger partial charge in [-0.1, -0.05) is 0 Å². The normalized spacial score (nSPS) is 23.9. The van der Waals surface area contributed by atoms with E-state index in [-0.39, 0.29) is 17.1 Å². The van der Waals surface area contributed by atoms with E-state index in [4.69, 9.17) is 10.5 Å². The molecule has 2 rings (SSSR count). The number of nitrogens with two attached hydrogens (primary N) is 1. The third-order valence-electron chi connectivity index (χ3n) is 3.34. The number of anilines is 2. The zero-order chi connectivity index (χ0) is 14.9. The van der Waals surface area contributed by atoms with Crippen molar-refractivity contribution >= 4 is 21.4 Å². The number of nitrogen functional groups attached to an aromatic ring is 1. The molecule has 1 fully saturated rings. The molecule has 1 aromatic carbocycles. The van der Waals surface area contributed by atoms with Crippen molar-refractivity contribution in [3.63, 3.8) is 0 Å². The molecule has 1 aromatic rings. The number of benzene rings is 1. The van der Waals surface area contributed by atoms with Crippen LogP contribution in [0.4, 0.5) is 11.4 Å². The Bertz CT molecular complexity index is 579. The number of morpholine rings is 1. The van der Waals surface area contributed by atoms with Gasteiger partial charge < -0.3 is 15.4 Å². The van der Waals surface area contributed by atoms with E-state index in [1.54, 1.807) is 12.1 Å². The smallest absolute Gasteiger partial charge is 0.240 e. The van der Waals surface area contributed by atoms with Crippen LogP contribution in [0, 0.1) is 0 Å². The number of ether oxygens (including phenoxy) is 1. The van der Waals surface area contributed by atoms with Crippen molar-refractivity contribution in [2.75, 3.05) is 30.8 Å². The monoisotopic (exact) mass is 299 g/mol. The van der Waals surface area contributed by atoms with Gasteiger partial charge >= 0.3 is 0 Å². The maximum absolute atomic E-state index is 11.7. The fourth-order valence-corrected chi connectivity index (χ4v) is 3.25. The molecule has 20 heavy (non-hydrogen) atoms. The lowest BCUT2D eigenvalue weighted by molar-refractivity contribution is -0.00517. The first-order valence-electron chi connectivity index (χ1n) is 6.57. The Balaban J connectivity index is 2.30. The second-order valence-electron chi connectivity index (χ2n) is 5.09. The molecule has 3 N–H and O–H groups in total. The summed E-state index contributed by atoms with van der Waals surface area (Å²) in [5.41, 5.74) is 7.33. The standard InChI is InChI=1S/C13H21N3O3S/c1-9-7-16(8-10(2)19-9)13-5-4-11(6-12(13)14)20(17,18)15-3/h4-6,9-10,15H,7-8,14H2,1-3H3. The van der Waals surface area contributed by atoms with E-state index in [2.05, 4.69) is 9.62 Å². The first kappa shape index (κ1) is 15.1. The highest BCUT2D eigenvalue weighted by molar-refractivity contribution is 7.89. The average molecular weight is 299 g/mol. The SMILES string of the molecule is CNS(=O)(=O)c1ccc(N2CC(C)OC(C)C2)c(N)c1. The minimum absolute atomic E-state index is 0.124.